The summed E-state index contributed by atoms with van der Waals surface area (Å²) in [6.45, 7) is 7.96. The maximum absolute atomic E-state index is 12.3. The first kappa shape index (κ1) is 19.9. The van der Waals surface area contributed by atoms with Crippen molar-refractivity contribution >= 4 is 39.1 Å². The predicted octanol–water partition coefficient (Wildman–Crippen LogP) is 5.85. The van der Waals surface area contributed by atoms with E-state index in [-0.39, 0.29) is 10.8 Å². The highest BCUT2D eigenvalue weighted by Crippen LogP contribution is 2.31. The molecule has 0 aliphatic heterocycles. The summed E-state index contributed by atoms with van der Waals surface area (Å²) in [6, 6.07) is 16.9. The van der Waals surface area contributed by atoms with E-state index in [1.54, 1.807) is 0 Å². The van der Waals surface area contributed by atoms with Gasteiger partial charge < -0.3 is 4.55 Å². The van der Waals surface area contributed by atoms with Crippen molar-refractivity contribution in [3.63, 3.8) is 0 Å². The normalized spacial score (nSPS) is 14.4. The van der Waals surface area contributed by atoms with Gasteiger partial charge in [-0.1, -0.05) is 52.3 Å². The van der Waals surface area contributed by atoms with Gasteiger partial charge in [-0.3, -0.25) is 0 Å². The molecule has 5 heteroatoms. The third-order valence-electron chi connectivity index (χ3n) is 3.53. The second-order valence-electron chi connectivity index (χ2n) is 6.68. The van der Waals surface area contributed by atoms with Crippen LogP contribution < -0.4 is 4.72 Å². The van der Waals surface area contributed by atoms with Crippen LogP contribution in [-0.4, -0.2) is 9.30 Å². The van der Waals surface area contributed by atoms with Gasteiger partial charge in [0, 0.05) is 26.5 Å². The van der Waals surface area contributed by atoms with E-state index in [9.17, 15) is 4.55 Å². The van der Waals surface area contributed by atoms with Crippen LogP contribution in [-0.2, 0) is 17.1 Å². The molecule has 0 heterocycles. The third kappa shape index (κ3) is 5.81. The number of nitrogens with one attached hydrogen (secondary N) is 1. The zero-order chi connectivity index (χ0) is 17.7. The lowest BCUT2D eigenvalue weighted by Gasteiger charge is -2.27. The fourth-order valence-corrected chi connectivity index (χ4v) is 4.66. The molecule has 2 nitrogen and oxygen atoms in total. The standard InChI is InChI=1S/C19H24BrNOS2/c1-14(21-24(22)19(2,3)4)17-11-10-16(12-18(17)20)23-13-15-8-6-5-7-9-15/h5-12,14,21H,13H2,1-4H3/t14-,24?/m1/s1. The summed E-state index contributed by atoms with van der Waals surface area (Å²) in [6.07, 6.45) is 0. The Balaban J connectivity index is 2.01. The molecule has 24 heavy (non-hydrogen) atoms. The van der Waals surface area contributed by atoms with Crippen molar-refractivity contribution in [2.75, 3.05) is 0 Å². The van der Waals surface area contributed by atoms with Crippen molar-refractivity contribution < 1.29 is 4.55 Å². The average Bonchev–Trinajstić information content (AvgIpc) is 2.53. The van der Waals surface area contributed by atoms with Crippen LogP contribution in [0.25, 0.3) is 0 Å². The molecule has 2 atom stereocenters. The van der Waals surface area contributed by atoms with Crippen molar-refractivity contribution in [2.45, 2.75) is 49.1 Å². The molecule has 0 saturated carbocycles. The number of thioether (sulfide) groups is 1. The van der Waals surface area contributed by atoms with Crippen LogP contribution in [0.2, 0.25) is 0 Å². The summed E-state index contributed by atoms with van der Waals surface area (Å²) >= 11 is 4.39. The minimum Gasteiger partial charge on any atom is -0.598 e. The zero-order valence-electron chi connectivity index (χ0n) is 14.5. The Morgan fingerprint density at radius 1 is 1.17 bits per heavy atom. The summed E-state index contributed by atoms with van der Waals surface area (Å²) in [4.78, 5) is 1.22. The van der Waals surface area contributed by atoms with Crippen molar-refractivity contribution in [1.29, 1.82) is 0 Å². The van der Waals surface area contributed by atoms with Crippen LogP contribution in [0.15, 0.2) is 57.9 Å². The lowest BCUT2D eigenvalue weighted by molar-refractivity contribution is 0.531. The lowest BCUT2D eigenvalue weighted by Crippen LogP contribution is -2.40. The number of hydrogen-bond donors (Lipinski definition) is 1. The topological polar surface area (TPSA) is 35.1 Å². The van der Waals surface area contributed by atoms with Crippen molar-refractivity contribution in [3.8, 4) is 0 Å². The second kappa shape index (κ2) is 8.77. The summed E-state index contributed by atoms with van der Waals surface area (Å²) < 4.78 is 16.2. The van der Waals surface area contributed by atoms with Gasteiger partial charge in [0.1, 0.15) is 4.75 Å². The Bertz CT molecular complexity index is 658. The smallest absolute Gasteiger partial charge is 0.136 e. The highest BCUT2D eigenvalue weighted by atomic mass is 79.9. The molecular weight excluding hydrogens is 402 g/mol. The summed E-state index contributed by atoms with van der Waals surface area (Å²) in [5.41, 5.74) is 2.44. The zero-order valence-corrected chi connectivity index (χ0v) is 17.7. The van der Waals surface area contributed by atoms with Crippen LogP contribution in [0.1, 0.15) is 44.9 Å². The fraction of sp³-hybridized carbons (Fsp3) is 0.368. The Morgan fingerprint density at radius 3 is 2.42 bits per heavy atom. The van der Waals surface area contributed by atoms with Crippen LogP contribution in [0, 0.1) is 0 Å². The maximum Gasteiger partial charge on any atom is 0.136 e. The SMILES string of the molecule is C[C@@H](N[S+]([O-])C(C)(C)C)c1ccc(SCc2ccccc2)cc1Br. The van der Waals surface area contributed by atoms with Gasteiger partial charge >= 0.3 is 0 Å². The van der Waals surface area contributed by atoms with Gasteiger partial charge in [0.25, 0.3) is 0 Å². The van der Waals surface area contributed by atoms with E-state index >= 15 is 0 Å². The first-order valence-corrected chi connectivity index (χ1v) is 10.8. The minimum absolute atomic E-state index is 0.0209. The van der Waals surface area contributed by atoms with Gasteiger partial charge in [-0.05, 0) is 51.0 Å². The molecule has 2 aromatic carbocycles. The molecule has 0 radical (unpaired) electrons. The van der Waals surface area contributed by atoms with E-state index in [1.165, 1.54) is 10.5 Å². The van der Waals surface area contributed by atoms with Crippen molar-refractivity contribution in [3.05, 3.63) is 64.1 Å². The monoisotopic (exact) mass is 425 g/mol. The molecule has 0 amide bonds. The van der Waals surface area contributed by atoms with E-state index in [0.29, 0.717) is 0 Å². The summed E-state index contributed by atoms with van der Waals surface area (Å²) in [5, 5.41) is 0. The first-order valence-electron chi connectivity index (χ1n) is 7.91. The van der Waals surface area contributed by atoms with Gasteiger partial charge in [0.15, 0.2) is 0 Å². The molecule has 0 aliphatic rings. The molecule has 130 valence electrons. The Labute approximate surface area is 161 Å². The largest absolute Gasteiger partial charge is 0.598 e. The highest BCUT2D eigenvalue weighted by molar-refractivity contribution is 9.10. The van der Waals surface area contributed by atoms with Crippen LogP contribution >= 0.6 is 27.7 Å². The van der Waals surface area contributed by atoms with E-state index in [4.69, 9.17) is 0 Å². The van der Waals surface area contributed by atoms with Gasteiger partial charge in [-0.15, -0.1) is 16.5 Å². The number of halogens is 1. The predicted molar refractivity (Wildman–Crippen MR) is 110 cm³/mol. The van der Waals surface area contributed by atoms with Crippen molar-refractivity contribution in [1.82, 2.24) is 4.72 Å². The molecule has 1 unspecified atom stereocenters. The minimum atomic E-state index is -1.09. The Hall–Kier alpha value is -0.460. The number of benzene rings is 2. The average molecular weight is 426 g/mol. The lowest BCUT2D eigenvalue weighted by atomic mass is 10.1. The highest BCUT2D eigenvalue weighted by Gasteiger charge is 2.28. The Morgan fingerprint density at radius 2 is 1.83 bits per heavy atom. The summed E-state index contributed by atoms with van der Waals surface area (Å²) in [5.74, 6) is 0.953. The van der Waals surface area contributed by atoms with Crippen LogP contribution in [0.5, 0.6) is 0 Å². The molecule has 2 aromatic rings. The molecule has 1 N–H and O–H groups in total. The number of rotatable bonds is 6. The first-order chi connectivity index (χ1) is 11.3. The van der Waals surface area contributed by atoms with Gasteiger partial charge in [0.05, 0.1) is 6.04 Å². The quantitative estimate of drug-likeness (QED) is 0.465. The van der Waals surface area contributed by atoms with Gasteiger partial charge in [-0.25, -0.2) is 0 Å². The molecule has 2 rings (SSSR count). The molecule has 0 saturated heterocycles. The van der Waals surface area contributed by atoms with Crippen LogP contribution in [0.4, 0.5) is 0 Å². The molecule has 0 aromatic heterocycles. The Kier molecular flexibility index (Phi) is 7.25. The number of hydrogen-bond acceptors (Lipinski definition) is 3. The molecule has 0 aliphatic carbocycles. The summed E-state index contributed by atoms with van der Waals surface area (Å²) in [7, 11) is 0. The van der Waals surface area contributed by atoms with Crippen LogP contribution in [0.3, 0.4) is 0 Å². The van der Waals surface area contributed by atoms with E-state index < -0.39 is 11.4 Å². The third-order valence-corrected chi connectivity index (χ3v) is 6.96. The maximum atomic E-state index is 12.3. The molecule has 0 bridgehead atoms. The molecule has 0 spiro atoms. The van der Waals surface area contributed by atoms with Gasteiger partial charge in [0.2, 0.25) is 0 Å². The van der Waals surface area contributed by atoms with E-state index in [1.807, 2.05) is 45.5 Å². The van der Waals surface area contributed by atoms with Gasteiger partial charge in [-0.2, -0.15) is 0 Å². The van der Waals surface area contributed by atoms with Crippen molar-refractivity contribution in [2.24, 2.45) is 0 Å². The second-order valence-corrected chi connectivity index (χ2v) is 10.6. The fourth-order valence-electron chi connectivity index (χ4n) is 2.09. The van der Waals surface area contributed by atoms with E-state index in [0.717, 1.165) is 15.8 Å². The molecular formula is C19H24BrNOS2. The van der Waals surface area contributed by atoms with E-state index in [2.05, 4.69) is 63.1 Å². The molecule has 0 fully saturated rings.